The lowest BCUT2D eigenvalue weighted by Crippen LogP contribution is -2.37. The van der Waals surface area contributed by atoms with E-state index in [1.165, 1.54) is 0 Å². The van der Waals surface area contributed by atoms with Crippen molar-refractivity contribution in [2.24, 2.45) is 0 Å². The van der Waals surface area contributed by atoms with Crippen LogP contribution in [0.1, 0.15) is 19.8 Å². The Morgan fingerprint density at radius 1 is 1.26 bits per heavy atom. The van der Waals surface area contributed by atoms with Crippen LogP contribution in [0.15, 0.2) is 29.2 Å². The van der Waals surface area contributed by atoms with Crippen molar-refractivity contribution in [3.05, 3.63) is 35.2 Å². The van der Waals surface area contributed by atoms with Gasteiger partial charge >= 0.3 is 0 Å². The predicted octanol–water partition coefficient (Wildman–Crippen LogP) is 4.07. The molecule has 0 fully saturated rings. The number of rotatable bonds is 6. The van der Waals surface area contributed by atoms with E-state index in [-0.39, 0.29) is 28.8 Å². The van der Waals surface area contributed by atoms with Crippen LogP contribution in [0.4, 0.5) is 10.1 Å². The zero-order valence-electron chi connectivity index (χ0n) is 15.0. The Kier molecular flexibility index (Phi) is 5.76. The summed E-state index contributed by atoms with van der Waals surface area (Å²) < 4.78 is 50.3. The summed E-state index contributed by atoms with van der Waals surface area (Å²) in [5.41, 5.74) is 0.219. The first-order valence-electron chi connectivity index (χ1n) is 8.56. The quantitative estimate of drug-likeness (QED) is 0.664. The number of aromatic nitrogens is 1. The highest BCUT2D eigenvalue weighted by atomic mass is 35.5. The third-order valence-corrected chi connectivity index (χ3v) is 6.51. The lowest BCUT2D eigenvalue weighted by atomic mass is 10.2. The molecule has 2 aromatic rings. The van der Waals surface area contributed by atoms with Gasteiger partial charge in [0.2, 0.25) is 11.8 Å². The zero-order chi connectivity index (χ0) is 19.6. The summed E-state index contributed by atoms with van der Waals surface area (Å²) in [4.78, 5) is 5.39. The van der Waals surface area contributed by atoms with Gasteiger partial charge in [-0.1, -0.05) is 24.9 Å². The molecule has 6 nitrogen and oxygen atoms in total. The second-order valence-corrected chi connectivity index (χ2v) is 8.56. The van der Waals surface area contributed by atoms with E-state index in [2.05, 4.69) is 4.98 Å². The molecule has 3 rings (SSSR count). The first-order chi connectivity index (χ1) is 12.9. The summed E-state index contributed by atoms with van der Waals surface area (Å²) in [6.07, 6.45) is 1.77. The maximum Gasteiger partial charge on any atom is 0.247 e. The number of nitrogens with zero attached hydrogens (tertiary/aromatic N) is 2. The van der Waals surface area contributed by atoms with Gasteiger partial charge in [-0.05, 0) is 30.7 Å². The number of unbranched alkanes of at least 4 members (excludes halogenated alkanes) is 1. The Morgan fingerprint density at radius 2 is 1.93 bits per heavy atom. The van der Waals surface area contributed by atoms with Crippen LogP contribution >= 0.6 is 11.6 Å². The van der Waals surface area contributed by atoms with Crippen LogP contribution in [0.25, 0.3) is 0 Å². The van der Waals surface area contributed by atoms with Crippen molar-refractivity contribution in [3.63, 3.8) is 0 Å². The molecule has 0 unspecified atom stereocenters. The number of hydrogen-bond donors (Lipinski definition) is 0. The summed E-state index contributed by atoms with van der Waals surface area (Å²) in [5.74, 6) is -0.303. The Morgan fingerprint density at radius 3 is 2.56 bits per heavy atom. The Hall–Kier alpha value is -2.06. The SMILES string of the molecule is CCCCN1CCS(=O)(=O)c2c(Cl)c(F)nc(Oc3ccc(OC)cc3)c21. The number of fused-ring (bicyclic) bond motifs is 1. The second kappa shape index (κ2) is 7.90. The molecule has 0 atom stereocenters. The van der Waals surface area contributed by atoms with Crippen molar-refractivity contribution < 1.29 is 22.3 Å². The third-order valence-electron chi connectivity index (χ3n) is 4.31. The molecule has 0 spiro atoms. The molecule has 0 radical (unpaired) electrons. The van der Waals surface area contributed by atoms with Crippen molar-refractivity contribution in [2.45, 2.75) is 24.7 Å². The van der Waals surface area contributed by atoms with E-state index in [0.29, 0.717) is 18.0 Å². The molecule has 1 aliphatic rings. The van der Waals surface area contributed by atoms with Gasteiger partial charge in [0.15, 0.2) is 9.84 Å². The first-order valence-corrected chi connectivity index (χ1v) is 10.6. The number of benzene rings is 1. The van der Waals surface area contributed by atoms with Gasteiger partial charge in [0.1, 0.15) is 27.1 Å². The minimum absolute atomic E-state index is 0.114. The highest BCUT2D eigenvalue weighted by molar-refractivity contribution is 7.91. The van der Waals surface area contributed by atoms with Crippen molar-refractivity contribution in [2.75, 3.05) is 30.9 Å². The number of ether oxygens (including phenoxy) is 2. The fourth-order valence-corrected chi connectivity index (χ4v) is 4.91. The number of sulfone groups is 1. The molecule has 0 aliphatic carbocycles. The van der Waals surface area contributed by atoms with Crippen molar-refractivity contribution in [1.29, 1.82) is 0 Å². The smallest absolute Gasteiger partial charge is 0.247 e. The van der Waals surface area contributed by atoms with E-state index in [1.807, 2.05) is 11.8 Å². The molecule has 0 saturated carbocycles. The van der Waals surface area contributed by atoms with Gasteiger partial charge in [-0.3, -0.25) is 0 Å². The lowest BCUT2D eigenvalue weighted by Gasteiger charge is -2.32. The summed E-state index contributed by atoms with van der Waals surface area (Å²) in [6.45, 7) is 2.91. The maximum atomic E-state index is 14.3. The molecule has 27 heavy (non-hydrogen) atoms. The number of anilines is 1. The number of methoxy groups -OCH3 is 1. The van der Waals surface area contributed by atoms with Gasteiger partial charge in [0.25, 0.3) is 0 Å². The van der Waals surface area contributed by atoms with E-state index in [0.717, 1.165) is 12.8 Å². The average molecular weight is 415 g/mol. The Balaban J connectivity index is 2.11. The molecule has 1 aromatic carbocycles. The fraction of sp³-hybridized carbons (Fsp3) is 0.389. The molecule has 9 heteroatoms. The lowest BCUT2D eigenvalue weighted by molar-refractivity contribution is 0.411. The molecular weight excluding hydrogens is 395 g/mol. The minimum atomic E-state index is -3.73. The minimum Gasteiger partial charge on any atom is -0.497 e. The molecule has 1 aromatic heterocycles. The summed E-state index contributed by atoms with van der Waals surface area (Å²) in [7, 11) is -2.19. The topological polar surface area (TPSA) is 68.7 Å². The standard InChI is InChI=1S/C18H20ClFN2O4S/c1-3-4-9-22-10-11-27(23,24)16-14(19)17(20)21-18(15(16)22)26-13-7-5-12(25-2)6-8-13/h5-8H,3-4,9-11H2,1-2H3. The maximum absolute atomic E-state index is 14.3. The number of hydrogen-bond acceptors (Lipinski definition) is 6. The van der Waals surface area contributed by atoms with Crippen LogP contribution < -0.4 is 14.4 Å². The molecule has 0 N–H and O–H groups in total. The molecule has 0 bridgehead atoms. The molecular formula is C18H20ClFN2O4S. The Labute approximate surface area is 162 Å². The van der Waals surface area contributed by atoms with Crippen LogP contribution in [0, 0.1) is 5.95 Å². The molecule has 146 valence electrons. The second-order valence-electron chi connectivity index (χ2n) is 6.14. The van der Waals surface area contributed by atoms with E-state index >= 15 is 0 Å². The molecule has 2 heterocycles. The van der Waals surface area contributed by atoms with Gasteiger partial charge in [-0.2, -0.15) is 9.37 Å². The van der Waals surface area contributed by atoms with Gasteiger partial charge in [0.05, 0.1) is 12.9 Å². The monoisotopic (exact) mass is 414 g/mol. The normalized spacial score (nSPS) is 15.3. The highest BCUT2D eigenvalue weighted by Crippen LogP contribution is 2.44. The van der Waals surface area contributed by atoms with Crippen molar-refractivity contribution in [1.82, 2.24) is 4.98 Å². The molecule has 0 saturated heterocycles. The van der Waals surface area contributed by atoms with Gasteiger partial charge in [-0.15, -0.1) is 0 Å². The van der Waals surface area contributed by atoms with Crippen LogP contribution in [-0.4, -0.2) is 39.4 Å². The predicted molar refractivity (Wildman–Crippen MR) is 101 cm³/mol. The van der Waals surface area contributed by atoms with Crippen LogP contribution in [-0.2, 0) is 9.84 Å². The molecule has 1 aliphatic heterocycles. The number of pyridine rings is 1. The van der Waals surface area contributed by atoms with Gasteiger partial charge < -0.3 is 14.4 Å². The van der Waals surface area contributed by atoms with E-state index in [4.69, 9.17) is 21.1 Å². The van der Waals surface area contributed by atoms with E-state index < -0.39 is 20.8 Å². The van der Waals surface area contributed by atoms with Crippen molar-refractivity contribution >= 4 is 27.1 Å². The first kappa shape index (κ1) is 19.7. The largest absolute Gasteiger partial charge is 0.497 e. The average Bonchev–Trinajstić information content (AvgIpc) is 2.65. The van der Waals surface area contributed by atoms with Gasteiger partial charge in [-0.25, -0.2) is 8.42 Å². The summed E-state index contributed by atoms with van der Waals surface area (Å²) >= 11 is 5.99. The van der Waals surface area contributed by atoms with Crippen LogP contribution in [0.3, 0.4) is 0 Å². The highest BCUT2D eigenvalue weighted by Gasteiger charge is 2.36. The Bertz CT molecular complexity index is 935. The number of halogens is 2. The van der Waals surface area contributed by atoms with Crippen LogP contribution in [0.5, 0.6) is 17.4 Å². The summed E-state index contributed by atoms with van der Waals surface area (Å²) in [6, 6.07) is 6.62. The fourth-order valence-electron chi connectivity index (χ4n) is 2.89. The van der Waals surface area contributed by atoms with Crippen LogP contribution in [0.2, 0.25) is 5.02 Å². The van der Waals surface area contributed by atoms with Gasteiger partial charge in [0, 0.05) is 13.1 Å². The third kappa shape index (κ3) is 3.96. The zero-order valence-corrected chi connectivity index (χ0v) is 16.6. The van der Waals surface area contributed by atoms with E-state index in [9.17, 15) is 12.8 Å². The molecule has 0 amide bonds. The summed E-state index contributed by atoms with van der Waals surface area (Å²) in [5, 5.41) is -0.492. The van der Waals surface area contributed by atoms with Crippen molar-refractivity contribution in [3.8, 4) is 17.4 Å². The van der Waals surface area contributed by atoms with E-state index in [1.54, 1.807) is 31.4 Å².